The fraction of sp³-hybridized carbons (Fsp3) is 1.00. The van der Waals surface area contributed by atoms with Gasteiger partial charge in [0, 0.05) is 0 Å². The standard InChI is InChI=1S/C4H9O.2O.V/c1-4(2,3)5;;;/h1-3H3;;;/q-1;;;+1. The van der Waals surface area contributed by atoms with Crippen molar-refractivity contribution in [1.29, 1.82) is 0 Å². The molecule has 0 unspecified atom stereocenters. The summed E-state index contributed by atoms with van der Waals surface area (Å²) in [4.78, 5) is 0. The average Bonchev–Trinajstić information content (AvgIpc) is 1.21. The minimum atomic E-state index is -3.35. The van der Waals surface area contributed by atoms with Gasteiger partial charge >= 0.3 is 52.8 Å². The Morgan fingerprint density at radius 2 is 1.62 bits per heavy atom. The molecule has 0 N–H and O–H groups in total. The number of hydrogen-bond donors (Lipinski definition) is 0. The van der Waals surface area contributed by atoms with Crippen molar-refractivity contribution >= 4 is 0 Å². The molecule has 0 heterocycles. The van der Waals surface area contributed by atoms with Crippen LogP contribution in [0.4, 0.5) is 0 Å². The second kappa shape index (κ2) is 2.62. The van der Waals surface area contributed by atoms with Crippen molar-refractivity contribution in [1.82, 2.24) is 0 Å². The van der Waals surface area contributed by atoms with Gasteiger partial charge in [0.25, 0.3) is 0 Å². The van der Waals surface area contributed by atoms with Gasteiger partial charge in [-0.25, -0.2) is 0 Å². The van der Waals surface area contributed by atoms with Gasteiger partial charge in [-0.05, 0) is 0 Å². The third-order valence-electron chi connectivity index (χ3n) is 0.348. The third-order valence-corrected chi connectivity index (χ3v) is 1.44. The summed E-state index contributed by atoms with van der Waals surface area (Å²) in [7, 11) is 0. The van der Waals surface area contributed by atoms with Gasteiger partial charge in [-0.15, -0.1) is 0 Å². The molecule has 0 saturated carbocycles. The molecule has 0 amide bonds. The first-order valence-corrected chi connectivity index (χ1v) is 3.96. The van der Waals surface area contributed by atoms with Crippen molar-refractivity contribution in [2.24, 2.45) is 0 Å². The van der Waals surface area contributed by atoms with Crippen LogP contribution in [0.1, 0.15) is 20.8 Å². The zero-order valence-electron chi connectivity index (χ0n) is 5.17. The fourth-order valence-corrected chi connectivity index (χ4v) is 0.922. The molecule has 0 aliphatic rings. The van der Waals surface area contributed by atoms with Gasteiger partial charge in [-0.1, -0.05) is 0 Å². The van der Waals surface area contributed by atoms with Gasteiger partial charge in [0.1, 0.15) is 0 Å². The van der Waals surface area contributed by atoms with Crippen molar-refractivity contribution in [3.05, 3.63) is 0 Å². The molecule has 0 aromatic rings. The fourth-order valence-electron chi connectivity index (χ4n) is 0.224. The third kappa shape index (κ3) is 6.14. The van der Waals surface area contributed by atoms with E-state index in [1.807, 2.05) is 0 Å². The molecule has 0 spiro atoms. The van der Waals surface area contributed by atoms with E-state index in [9.17, 15) is 7.35 Å². The van der Waals surface area contributed by atoms with Gasteiger partial charge < -0.3 is 0 Å². The molecule has 3 nitrogen and oxygen atoms in total. The molecule has 0 fully saturated rings. The number of rotatable bonds is 1. The quantitative estimate of drug-likeness (QED) is 0.569. The van der Waals surface area contributed by atoms with Gasteiger partial charge in [-0.3, -0.25) is 0 Å². The van der Waals surface area contributed by atoms with E-state index in [4.69, 9.17) is 0 Å². The SMILES string of the molecule is CC(C)(C)[O][V](=[O])=[O]. The van der Waals surface area contributed by atoms with Crippen LogP contribution in [0.3, 0.4) is 0 Å². The summed E-state index contributed by atoms with van der Waals surface area (Å²) in [6, 6.07) is 0. The molecular weight excluding hydrogens is 147 g/mol. The monoisotopic (exact) mass is 156 g/mol. The average molecular weight is 156 g/mol. The molecule has 0 aromatic heterocycles. The molecule has 0 atom stereocenters. The first kappa shape index (κ1) is 8.14. The van der Waals surface area contributed by atoms with Crippen LogP contribution in [-0.4, -0.2) is 5.60 Å². The summed E-state index contributed by atoms with van der Waals surface area (Å²) in [5.74, 6) is 0. The summed E-state index contributed by atoms with van der Waals surface area (Å²) in [6.07, 6.45) is 0. The Morgan fingerprint density at radius 3 is 1.62 bits per heavy atom. The summed E-state index contributed by atoms with van der Waals surface area (Å²) < 4.78 is 24.3. The topological polar surface area (TPSA) is 43.4 Å². The first-order valence-electron chi connectivity index (χ1n) is 2.25. The molecular formula is C4H9O3V. The summed E-state index contributed by atoms with van der Waals surface area (Å²) in [6.45, 7) is 5.10. The van der Waals surface area contributed by atoms with Crippen LogP contribution < -0.4 is 0 Å². The molecule has 0 radical (unpaired) electrons. The zero-order valence-corrected chi connectivity index (χ0v) is 6.57. The number of hydrogen-bond acceptors (Lipinski definition) is 3. The Labute approximate surface area is 53.4 Å². The van der Waals surface area contributed by atoms with Gasteiger partial charge in [-0.2, -0.15) is 0 Å². The predicted molar refractivity (Wildman–Crippen MR) is 22.2 cm³/mol. The maximum atomic E-state index is 9.91. The molecule has 48 valence electrons. The van der Waals surface area contributed by atoms with Gasteiger partial charge in [0.05, 0.1) is 0 Å². The van der Waals surface area contributed by atoms with E-state index in [0.717, 1.165) is 0 Å². The molecule has 0 aliphatic heterocycles. The van der Waals surface area contributed by atoms with E-state index < -0.39 is 21.0 Å². The Bertz CT molecular complexity index is 123. The van der Waals surface area contributed by atoms with Crippen molar-refractivity contribution in [3.8, 4) is 0 Å². The van der Waals surface area contributed by atoms with Crippen LogP contribution in [0.5, 0.6) is 0 Å². The van der Waals surface area contributed by atoms with Crippen molar-refractivity contribution in [2.75, 3.05) is 0 Å². The van der Waals surface area contributed by atoms with Crippen molar-refractivity contribution < 1.29 is 26.4 Å². The maximum absolute atomic E-state index is 9.91. The van der Waals surface area contributed by atoms with E-state index in [2.05, 4.69) is 3.66 Å². The minimum absolute atomic E-state index is 0.538. The van der Waals surface area contributed by atoms with Crippen LogP contribution >= 0.6 is 0 Å². The summed E-state index contributed by atoms with van der Waals surface area (Å²) >= 11 is -3.35. The summed E-state index contributed by atoms with van der Waals surface area (Å²) in [5, 5.41) is 0. The molecule has 0 bridgehead atoms. The Balaban J connectivity index is 3.73. The Hall–Kier alpha value is 0.144. The van der Waals surface area contributed by atoms with Crippen molar-refractivity contribution in [2.45, 2.75) is 26.4 Å². The van der Waals surface area contributed by atoms with Crippen molar-refractivity contribution in [3.63, 3.8) is 0 Å². The molecule has 0 aliphatic carbocycles. The molecule has 0 saturated heterocycles. The first-order chi connectivity index (χ1) is 3.42. The second-order valence-electron chi connectivity index (χ2n) is 2.43. The van der Waals surface area contributed by atoms with Crippen LogP contribution in [0, 0.1) is 0 Å². The van der Waals surface area contributed by atoms with E-state index >= 15 is 0 Å². The predicted octanol–water partition coefficient (Wildman–Crippen LogP) is 1.03. The molecule has 4 heteroatoms. The van der Waals surface area contributed by atoms with Crippen LogP contribution in [0.15, 0.2) is 0 Å². The van der Waals surface area contributed by atoms with Crippen LogP contribution in [-0.2, 0) is 26.4 Å². The molecule has 0 aromatic carbocycles. The molecule has 0 rings (SSSR count). The van der Waals surface area contributed by atoms with E-state index in [0.29, 0.717) is 0 Å². The van der Waals surface area contributed by atoms with Crippen LogP contribution in [0.25, 0.3) is 0 Å². The normalized spacial score (nSPS) is 11.4. The molecule has 8 heavy (non-hydrogen) atoms. The summed E-state index contributed by atoms with van der Waals surface area (Å²) in [5.41, 5.74) is -0.538. The second-order valence-corrected chi connectivity index (χ2v) is 3.41. The van der Waals surface area contributed by atoms with E-state index in [-0.39, 0.29) is 0 Å². The zero-order chi connectivity index (χ0) is 6.78. The Kier molecular flexibility index (Phi) is 2.67. The van der Waals surface area contributed by atoms with Crippen LogP contribution in [0.2, 0.25) is 0 Å². The van der Waals surface area contributed by atoms with E-state index in [1.54, 1.807) is 20.8 Å². The van der Waals surface area contributed by atoms with E-state index in [1.165, 1.54) is 0 Å². The van der Waals surface area contributed by atoms with Gasteiger partial charge in [0.15, 0.2) is 0 Å². The Morgan fingerprint density at radius 1 is 1.25 bits per heavy atom. The van der Waals surface area contributed by atoms with Gasteiger partial charge in [0.2, 0.25) is 0 Å².